The topological polar surface area (TPSA) is 130 Å². The van der Waals surface area contributed by atoms with E-state index in [1.54, 1.807) is 19.1 Å². The molecule has 9 nitrogen and oxygen atoms in total. The van der Waals surface area contributed by atoms with E-state index in [0.29, 0.717) is 28.8 Å². The van der Waals surface area contributed by atoms with Gasteiger partial charge in [0.1, 0.15) is 22.9 Å². The first-order chi connectivity index (χ1) is 15.6. The molecular weight excluding hydrogens is 488 g/mol. The van der Waals surface area contributed by atoms with Crippen LogP contribution in [0.25, 0.3) is 0 Å². The highest BCUT2D eigenvalue weighted by Crippen LogP contribution is 2.30. The fourth-order valence-corrected chi connectivity index (χ4v) is 2.52. The zero-order valence-corrected chi connectivity index (χ0v) is 18.6. The van der Waals surface area contributed by atoms with Gasteiger partial charge in [-0.15, -0.1) is 0 Å². The molecular formula is C19H19ClF3N4O5P. The highest BCUT2D eigenvalue weighted by molar-refractivity contribution is 7.30. The second kappa shape index (κ2) is 12.4. The Balaban J connectivity index is 0.000000873. The average molecular weight is 507 g/mol. The second-order valence-corrected chi connectivity index (χ2v) is 7.22. The molecule has 178 valence electrons. The Morgan fingerprint density at radius 3 is 2.39 bits per heavy atom. The van der Waals surface area contributed by atoms with Gasteiger partial charge in [-0.05, 0) is 41.7 Å². The number of aryl methyl sites for hydroxylation is 1. The number of pyridine rings is 1. The summed E-state index contributed by atoms with van der Waals surface area (Å²) in [4.78, 5) is 20.7. The number of halogens is 4. The number of nitrogens with zero attached hydrogens (tertiary/aromatic N) is 3. The number of aromatic nitrogens is 3. The second-order valence-electron chi connectivity index (χ2n) is 6.23. The fraction of sp³-hybridized carbons (Fsp3) is 0.211. The Labute approximate surface area is 193 Å². The van der Waals surface area contributed by atoms with E-state index in [9.17, 15) is 13.2 Å². The molecule has 0 aliphatic rings. The summed E-state index contributed by atoms with van der Waals surface area (Å²) in [5.74, 6) is 1.16. The van der Waals surface area contributed by atoms with Crippen LogP contribution in [-0.4, -0.2) is 26.8 Å². The van der Waals surface area contributed by atoms with Crippen LogP contribution in [0, 0.1) is 6.92 Å². The van der Waals surface area contributed by atoms with Crippen molar-refractivity contribution >= 4 is 25.7 Å². The number of nitrogens with one attached hydrogen (secondary N) is 1. The number of hydrogen-bond donors (Lipinski definition) is 2. The molecule has 14 heteroatoms. The molecule has 0 aliphatic heterocycles. The highest BCUT2D eigenvalue weighted by Gasteiger charge is 2.30. The minimum absolute atomic E-state index is 0. The van der Waals surface area contributed by atoms with Crippen LogP contribution in [0.15, 0.2) is 48.9 Å². The maximum atomic E-state index is 12.5. The van der Waals surface area contributed by atoms with Gasteiger partial charge < -0.3 is 14.9 Å². The van der Waals surface area contributed by atoms with Crippen molar-refractivity contribution < 1.29 is 38.7 Å². The molecule has 2 heterocycles. The summed E-state index contributed by atoms with van der Waals surface area (Å²) in [7, 11) is -3.04. The Morgan fingerprint density at radius 2 is 1.85 bits per heavy atom. The van der Waals surface area contributed by atoms with Crippen molar-refractivity contribution in [1.29, 1.82) is 0 Å². The molecule has 3 rings (SSSR count). The molecule has 0 aliphatic carbocycles. The first-order valence-electron chi connectivity index (χ1n) is 9.07. The SMILES string of the molecule is Cc1ncnc(NCCc2ccc(Oc3ccc(C(F)(F)F)cn3)cc2)c1Cl.O=[P+]([O-])OO.[HH]. The molecule has 2 aromatic heterocycles. The lowest BCUT2D eigenvalue weighted by molar-refractivity contribution is -0.244. The van der Waals surface area contributed by atoms with Crippen LogP contribution >= 0.6 is 19.9 Å². The molecule has 1 aromatic carbocycles. The predicted octanol–water partition coefficient (Wildman–Crippen LogP) is 5.04. The number of anilines is 1. The van der Waals surface area contributed by atoms with Crippen molar-refractivity contribution in [1.82, 2.24) is 15.0 Å². The van der Waals surface area contributed by atoms with Gasteiger partial charge in [-0.2, -0.15) is 13.2 Å². The summed E-state index contributed by atoms with van der Waals surface area (Å²) < 4.78 is 54.7. The Bertz CT molecular complexity index is 1060. The van der Waals surface area contributed by atoms with E-state index in [4.69, 9.17) is 31.1 Å². The minimum atomic E-state index is -4.42. The van der Waals surface area contributed by atoms with Gasteiger partial charge in [0.25, 0.3) is 0 Å². The molecule has 33 heavy (non-hydrogen) atoms. The van der Waals surface area contributed by atoms with Crippen LogP contribution in [0.4, 0.5) is 19.0 Å². The Hall–Kier alpha value is -2.89. The molecule has 0 radical (unpaired) electrons. The lowest BCUT2D eigenvalue weighted by Crippen LogP contribution is -2.07. The summed E-state index contributed by atoms with van der Waals surface area (Å²) >= 11 is 6.14. The minimum Gasteiger partial charge on any atom is -0.565 e. The van der Waals surface area contributed by atoms with Crippen LogP contribution in [0.5, 0.6) is 11.6 Å². The van der Waals surface area contributed by atoms with Crippen molar-refractivity contribution in [3.05, 3.63) is 70.8 Å². The molecule has 1 atom stereocenters. The van der Waals surface area contributed by atoms with Crippen molar-refractivity contribution in [2.45, 2.75) is 19.5 Å². The lowest BCUT2D eigenvalue weighted by Gasteiger charge is -2.10. The number of alkyl halides is 3. The van der Waals surface area contributed by atoms with Gasteiger partial charge in [0.05, 0.1) is 11.3 Å². The number of hydrogen-bond acceptors (Lipinski definition) is 9. The van der Waals surface area contributed by atoms with Crippen LogP contribution in [0.1, 0.15) is 18.2 Å². The number of rotatable bonds is 7. The van der Waals surface area contributed by atoms with Gasteiger partial charge in [0, 0.05) is 24.9 Å². The third kappa shape index (κ3) is 8.87. The van der Waals surface area contributed by atoms with E-state index in [1.807, 2.05) is 12.1 Å². The molecule has 0 spiro atoms. The summed E-state index contributed by atoms with van der Waals surface area (Å²) in [6.45, 7) is 2.43. The molecule has 2 N–H and O–H groups in total. The molecule has 0 amide bonds. The summed E-state index contributed by atoms with van der Waals surface area (Å²) in [5, 5.41) is 10.7. The number of benzene rings is 1. The Kier molecular flexibility index (Phi) is 9.89. The third-order valence-electron chi connectivity index (χ3n) is 3.95. The van der Waals surface area contributed by atoms with Gasteiger partial charge in [0.15, 0.2) is 0 Å². The fourth-order valence-electron chi connectivity index (χ4n) is 2.36. The van der Waals surface area contributed by atoms with E-state index in [-0.39, 0.29) is 7.31 Å². The van der Waals surface area contributed by atoms with Crippen LogP contribution in [0.2, 0.25) is 5.02 Å². The number of ether oxygens (including phenoxy) is 1. The predicted molar refractivity (Wildman–Crippen MR) is 113 cm³/mol. The van der Waals surface area contributed by atoms with E-state index in [0.717, 1.165) is 24.2 Å². The molecule has 0 bridgehead atoms. The molecule has 0 saturated heterocycles. The lowest BCUT2D eigenvalue weighted by atomic mass is 10.1. The van der Waals surface area contributed by atoms with E-state index in [2.05, 4.69) is 24.9 Å². The summed E-state index contributed by atoms with van der Waals surface area (Å²) in [6.07, 6.45) is -1.51. The largest absolute Gasteiger partial charge is 0.565 e. The summed E-state index contributed by atoms with van der Waals surface area (Å²) in [6, 6.07) is 9.32. The zero-order chi connectivity index (χ0) is 24.4. The third-order valence-corrected chi connectivity index (χ3v) is 4.53. The van der Waals surface area contributed by atoms with E-state index >= 15 is 0 Å². The molecule has 0 saturated carbocycles. The van der Waals surface area contributed by atoms with Gasteiger partial charge in [-0.25, -0.2) is 20.2 Å². The van der Waals surface area contributed by atoms with E-state index in [1.165, 1.54) is 12.4 Å². The molecule has 3 aromatic rings. The zero-order valence-electron chi connectivity index (χ0n) is 16.9. The van der Waals surface area contributed by atoms with Crippen LogP contribution < -0.4 is 14.9 Å². The maximum absolute atomic E-state index is 12.5. The maximum Gasteiger partial charge on any atom is 0.521 e. The summed E-state index contributed by atoms with van der Waals surface area (Å²) in [5.41, 5.74) is 0.932. The first kappa shape index (κ1) is 26.4. The van der Waals surface area contributed by atoms with Crippen LogP contribution in [0.3, 0.4) is 0 Å². The van der Waals surface area contributed by atoms with Crippen molar-refractivity contribution in [2.24, 2.45) is 0 Å². The van der Waals surface area contributed by atoms with Gasteiger partial charge in [0.2, 0.25) is 5.88 Å². The van der Waals surface area contributed by atoms with Gasteiger partial charge in [-0.1, -0.05) is 23.7 Å². The normalized spacial score (nSPS) is 11.3. The van der Waals surface area contributed by atoms with E-state index < -0.39 is 20.0 Å². The van der Waals surface area contributed by atoms with Gasteiger partial charge >= 0.3 is 14.4 Å². The standard InChI is InChI=1S/C19H16ClF3N4O.HO4P.H2/c1-12-17(20)18(27-11-26-12)24-9-8-13-2-5-15(6-3-13)28-16-7-4-14(10-25-16)19(21,22)23;1-4-5(2)3;/h2-7,10-11H,8-9H2,1H3,(H,24,26,27);1H;1H. The van der Waals surface area contributed by atoms with Crippen molar-refractivity contribution in [2.75, 3.05) is 11.9 Å². The molecule has 1 unspecified atom stereocenters. The highest BCUT2D eigenvalue weighted by atomic mass is 35.5. The van der Waals surface area contributed by atoms with Gasteiger partial charge in [-0.3, -0.25) is 0 Å². The first-order valence-corrected chi connectivity index (χ1v) is 10.5. The molecule has 0 fully saturated rings. The van der Waals surface area contributed by atoms with Crippen LogP contribution in [-0.2, 0) is 21.8 Å². The van der Waals surface area contributed by atoms with Crippen molar-refractivity contribution in [3.63, 3.8) is 0 Å². The smallest absolute Gasteiger partial charge is 0.521 e. The quantitative estimate of drug-likeness (QED) is 0.257. The Morgan fingerprint density at radius 1 is 1.18 bits per heavy atom. The monoisotopic (exact) mass is 506 g/mol. The van der Waals surface area contributed by atoms with Crippen molar-refractivity contribution in [3.8, 4) is 11.6 Å². The average Bonchev–Trinajstić information content (AvgIpc) is 2.78.